The third-order valence-electron chi connectivity index (χ3n) is 2.61. The van der Waals surface area contributed by atoms with Gasteiger partial charge in [0.05, 0.1) is 5.69 Å². The Morgan fingerprint density at radius 2 is 2.15 bits per heavy atom. The van der Waals surface area contributed by atoms with E-state index in [0.717, 1.165) is 11.1 Å². The Bertz CT molecular complexity index is 616. The highest BCUT2D eigenvalue weighted by atomic mass is 35.5. The number of nitrogens with two attached hydrogens (primary N) is 1. The predicted molar refractivity (Wildman–Crippen MR) is 75.0 cm³/mol. The molecule has 1 heterocycles. The number of aryl methyl sites for hydroxylation is 1. The van der Waals surface area contributed by atoms with Crippen LogP contribution in [0.2, 0.25) is 5.02 Å². The van der Waals surface area contributed by atoms with E-state index in [1.54, 1.807) is 12.1 Å². The van der Waals surface area contributed by atoms with Crippen LogP contribution in [0.5, 0.6) is 5.88 Å². The van der Waals surface area contributed by atoms with Gasteiger partial charge in [-0.25, -0.2) is 5.84 Å². The zero-order chi connectivity index (χ0) is 14.5. The largest absolute Gasteiger partial charge is 0.466 e. The van der Waals surface area contributed by atoms with Gasteiger partial charge in [0.2, 0.25) is 5.88 Å². The van der Waals surface area contributed by atoms with Gasteiger partial charge in [0.1, 0.15) is 0 Å². The summed E-state index contributed by atoms with van der Waals surface area (Å²) < 4.78 is 5.11. The Morgan fingerprint density at radius 3 is 2.75 bits per heavy atom. The van der Waals surface area contributed by atoms with E-state index in [9.17, 15) is 4.79 Å². The lowest BCUT2D eigenvalue weighted by Crippen LogP contribution is -2.34. The maximum absolute atomic E-state index is 10.9. The molecule has 1 aromatic carbocycles. The summed E-state index contributed by atoms with van der Waals surface area (Å²) in [6.45, 7) is 1.72. The van der Waals surface area contributed by atoms with Crippen LogP contribution in [0.25, 0.3) is 11.3 Å². The molecule has 20 heavy (non-hydrogen) atoms. The van der Waals surface area contributed by atoms with Gasteiger partial charge in [-0.2, -0.15) is 0 Å². The molecule has 0 bridgehead atoms. The molecule has 0 aliphatic heterocycles. The molecule has 2 aromatic rings. The molecular weight excluding hydrogens is 280 g/mol. The summed E-state index contributed by atoms with van der Waals surface area (Å²) >= 11 is 5.97. The molecule has 0 spiro atoms. The second-order valence-electron chi connectivity index (χ2n) is 4.08. The Morgan fingerprint density at radius 1 is 1.35 bits per heavy atom. The minimum absolute atomic E-state index is 0.204. The van der Waals surface area contributed by atoms with Crippen LogP contribution in [0, 0.1) is 6.92 Å². The van der Waals surface area contributed by atoms with Crippen LogP contribution in [0.1, 0.15) is 5.56 Å². The van der Waals surface area contributed by atoms with E-state index in [1.165, 1.54) is 0 Å². The molecular formula is C13H13ClN4O2. The summed E-state index contributed by atoms with van der Waals surface area (Å²) in [4.78, 5) is 10.9. The van der Waals surface area contributed by atoms with Crippen LogP contribution in [0.3, 0.4) is 0 Å². The number of carbonyl (C=O) groups is 1. The van der Waals surface area contributed by atoms with Gasteiger partial charge in [-0.05, 0) is 30.7 Å². The lowest BCUT2D eigenvalue weighted by atomic mass is 10.1. The van der Waals surface area contributed by atoms with Crippen molar-refractivity contribution in [2.45, 2.75) is 6.92 Å². The summed E-state index contributed by atoms with van der Waals surface area (Å²) in [5.74, 6) is 4.75. The standard InChI is InChI=1S/C13H13ClN4O2/c1-8-6-9(2-3-10(8)14)11-4-5-13(18-17-11)20-7-12(19)16-15/h2-6H,7,15H2,1H3,(H,16,19). The lowest BCUT2D eigenvalue weighted by Gasteiger charge is -2.05. The van der Waals surface area contributed by atoms with Crippen molar-refractivity contribution in [1.29, 1.82) is 0 Å². The van der Waals surface area contributed by atoms with E-state index in [-0.39, 0.29) is 12.5 Å². The monoisotopic (exact) mass is 292 g/mol. The van der Waals surface area contributed by atoms with Crippen molar-refractivity contribution in [2.24, 2.45) is 5.84 Å². The highest BCUT2D eigenvalue weighted by Gasteiger charge is 2.05. The van der Waals surface area contributed by atoms with Crippen molar-refractivity contribution in [3.8, 4) is 17.1 Å². The molecule has 1 amide bonds. The number of amides is 1. The quantitative estimate of drug-likeness (QED) is 0.506. The number of halogens is 1. The van der Waals surface area contributed by atoms with E-state index < -0.39 is 5.91 Å². The SMILES string of the molecule is Cc1cc(-c2ccc(OCC(=O)NN)nn2)ccc1Cl. The highest BCUT2D eigenvalue weighted by Crippen LogP contribution is 2.23. The number of carbonyl (C=O) groups excluding carboxylic acids is 1. The van der Waals surface area contributed by atoms with Gasteiger partial charge in [0.15, 0.2) is 6.61 Å². The number of hydrogen-bond acceptors (Lipinski definition) is 5. The first kappa shape index (κ1) is 14.2. The molecule has 0 saturated heterocycles. The fourth-order valence-electron chi connectivity index (χ4n) is 1.54. The topological polar surface area (TPSA) is 90.1 Å². The normalized spacial score (nSPS) is 10.2. The van der Waals surface area contributed by atoms with Crippen molar-refractivity contribution in [2.75, 3.05) is 6.61 Å². The van der Waals surface area contributed by atoms with Gasteiger partial charge >= 0.3 is 0 Å². The molecule has 6 nitrogen and oxygen atoms in total. The van der Waals surface area contributed by atoms with Gasteiger partial charge in [0, 0.05) is 16.7 Å². The molecule has 3 N–H and O–H groups in total. The number of nitrogens with zero attached hydrogens (tertiary/aromatic N) is 2. The first-order valence-electron chi connectivity index (χ1n) is 5.82. The van der Waals surface area contributed by atoms with Crippen molar-refractivity contribution in [1.82, 2.24) is 15.6 Å². The molecule has 0 aliphatic rings. The first-order valence-corrected chi connectivity index (χ1v) is 6.20. The second-order valence-corrected chi connectivity index (χ2v) is 4.48. The van der Waals surface area contributed by atoms with E-state index in [4.69, 9.17) is 22.2 Å². The summed E-state index contributed by atoms with van der Waals surface area (Å²) in [7, 11) is 0. The summed E-state index contributed by atoms with van der Waals surface area (Å²) in [6, 6.07) is 8.99. The van der Waals surface area contributed by atoms with Crippen LogP contribution in [-0.4, -0.2) is 22.7 Å². The zero-order valence-corrected chi connectivity index (χ0v) is 11.5. The molecule has 0 radical (unpaired) electrons. The van der Waals surface area contributed by atoms with E-state index in [2.05, 4.69) is 10.2 Å². The van der Waals surface area contributed by atoms with Gasteiger partial charge in [-0.15, -0.1) is 10.2 Å². The number of ether oxygens (including phenoxy) is 1. The van der Waals surface area contributed by atoms with Crippen LogP contribution in [0.4, 0.5) is 0 Å². The van der Waals surface area contributed by atoms with Crippen molar-refractivity contribution < 1.29 is 9.53 Å². The maximum atomic E-state index is 10.9. The minimum atomic E-state index is -0.441. The Balaban J connectivity index is 2.11. The molecule has 0 unspecified atom stereocenters. The molecule has 104 valence electrons. The fourth-order valence-corrected chi connectivity index (χ4v) is 1.65. The summed E-state index contributed by atoms with van der Waals surface area (Å²) in [5, 5.41) is 8.63. The Labute approximate surface area is 120 Å². The smallest absolute Gasteiger partial charge is 0.271 e. The number of nitrogens with one attached hydrogen (secondary N) is 1. The zero-order valence-electron chi connectivity index (χ0n) is 10.8. The molecule has 0 aliphatic carbocycles. The molecule has 1 aromatic heterocycles. The Hall–Kier alpha value is -2.18. The van der Waals surface area contributed by atoms with Crippen LogP contribution >= 0.6 is 11.6 Å². The highest BCUT2D eigenvalue weighted by molar-refractivity contribution is 6.31. The molecule has 7 heteroatoms. The first-order chi connectivity index (χ1) is 9.60. The number of hydrazine groups is 1. The molecule has 0 fully saturated rings. The predicted octanol–water partition coefficient (Wildman–Crippen LogP) is 1.47. The van der Waals surface area contributed by atoms with Crippen molar-refractivity contribution in [3.05, 3.63) is 40.9 Å². The van der Waals surface area contributed by atoms with Crippen molar-refractivity contribution >= 4 is 17.5 Å². The van der Waals surface area contributed by atoms with E-state index in [1.807, 2.05) is 30.5 Å². The van der Waals surface area contributed by atoms with E-state index >= 15 is 0 Å². The van der Waals surface area contributed by atoms with Gasteiger partial charge < -0.3 is 4.74 Å². The average Bonchev–Trinajstić information content (AvgIpc) is 2.48. The van der Waals surface area contributed by atoms with Crippen LogP contribution in [0.15, 0.2) is 30.3 Å². The lowest BCUT2D eigenvalue weighted by molar-refractivity contribution is -0.123. The van der Waals surface area contributed by atoms with Gasteiger partial charge in [-0.1, -0.05) is 17.7 Å². The minimum Gasteiger partial charge on any atom is -0.466 e. The molecule has 2 rings (SSSR count). The summed E-state index contributed by atoms with van der Waals surface area (Å²) in [5.41, 5.74) is 4.53. The fraction of sp³-hybridized carbons (Fsp3) is 0.154. The van der Waals surface area contributed by atoms with E-state index in [0.29, 0.717) is 10.7 Å². The third-order valence-corrected chi connectivity index (χ3v) is 3.03. The number of rotatable bonds is 4. The van der Waals surface area contributed by atoms with Gasteiger partial charge in [0.25, 0.3) is 5.91 Å². The van der Waals surface area contributed by atoms with Gasteiger partial charge in [-0.3, -0.25) is 10.2 Å². The second kappa shape index (κ2) is 6.31. The summed E-state index contributed by atoms with van der Waals surface area (Å²) in [6.07, 6.45) is 0. The number of aromatic nitrogens is 2. The number of hydrogen-bond donors (Lipinski definition) is 2. The molecule has 0 saturated carbocycles. The van der Waals surface area contributed by atoms with Crippen LogP contribution in [-0.2, 0) is 4.79 Å². The Kier molecular flexibility index (Phi) is 4.49. The van der Waals surface area contributed by atoms with Crippen molar-refractivity contribution in [3.63, 3.8) is 0 Å². The number of benzene rings is 1. The average molecular weight is 293 g/mol. The maximum Gasteiger partial charge on any atom is 0.271 e. The molecule has 0 atom stereocenters. The third kappa shape index (κ3) is 3.43. The van der Waals surface area contributed by atoms with Crippen LogP contribution < -0.4 is 16.0 Å².